The van der Waals surface area contributed by atoms with Gasteiger partial charge in [-0.05, 0) is 6.07 Å². The number of hydrogen-bond donors (Lipinski definition) is 2. The third-order valence-corrected chi connectivity index (χ3v) is 2.11. The highest BCUT2D eigenvalue weighted by atomic mass is 16.5. The van der Waals surface area contributed by atoms with Gasteiger partial charge in [0.15, 0.2) is 0 Å². The van der Waals surface area contributed by atoms with Gasteiger partial charge in [-0.2, -0.15) is 0 Å². The Hall–Kier alpha value is -1.46. The molecule has 3 N–H and O–H groups in total. The summed E-state index contributed by atoms with van der Waals surface area (Å²) in [6, 6.07) is 1.85. The van der Waals surface area contributed by atoms with Crippen molar-refractivity contribution in [2.24, 2.45) is 5.73 Å². The molecule has 5 nitrogen and oxygen atoms in total. The first-order valence-electron chi connectivity index (χ1n) is 4.37. The molecule has 0 amide bonds. The van der Waals surface area contributed by atoms with Crippen molar-refractivity contribution in [2.75, 3.05) is 13.7 Å². The van der Waals surface area contributed by atoms with Crippen LogP contribution in [-0.4, -0.2) is 28.6 Å². The average molecular weight is 192 g/mol. The topological polar surface area (TPSA) is 76.8 Å². The number of aromatic amines is 1. The monoisotopic (exact) mass is 192 g/mol. The molecule has 2 aromatic rings. The Bertz CT molecular complexity index is 388. The molecule has 5 heteroatoms. The zero-order valence-corrected chi connectivity index (χ0v) is 7.90. The van der Waals surface area contributed by atoms with Crippen molar-refractivity contribution in [3.05, 3.63) is 24.3 Å². The Balaban J connectivity index is 2.43. The number of imidazole rings is 1. The highest BCUT2D eigenvalue weighted by Crippen LogP contribution is 2.16. The predicted octanol–water partition coefficient (Wildman–Crippen LogP) is 0.604. The van der Waals surface area contributed by atoms with Gasteiger partial charge in [0.2, 0.25) is 0 Å². The normalized spacial score (nSPS) is 13.3. The third-order valence-electron chi connectivity index (χ3n) is 2.11. The lowest BCUT2D eigenvalue weighted by atomic mass is 10.3. The minimum Gasteiger partial charge on any atom is -0.372 e. The minimum absolute atomic E-state index is 0.178. The van der Waals surface area contributed by atoms with Crippen LogP contribution in [0.5, 0.6) is 0 Å². The molecule has 0 saturated carbocycles. The summed E-state index contributed by atoms with van der Waals surface area (Å²) >= 11 is 0. The Labute approximate surface area is 81.3 Å². The number of hydrogen-bond acceptors (Lipinski definition) is 4. The van der Waals surface area contributed by atoms with Crippen LogP contribution in [0.3, 0.4) is 0 Å². The smallest absolute Gasteiger partial charge is 0.137 e. The molecule has 1 atom stereocenters. The summed E-state index contributed by atoms with van der Waals surface area (Å²) in [4.78, 5) is 11.5. The molecule has 0 spiro atoms. The molecule has 0 saturated heterocycles. The van der Waals surface area contributed by atoms with Gasteiger partial charge >= 0.3 is 0 Å². The first-order valence-corrected chi connectivity index (χ1v) is 4.37. The number of rotatable bonds is 3. The number of nitrogens with two attached hydrogens (primary N) is 1. The zero-order valence-electron chi connectivity index (χ0n) is 7.90. The van der Waals surface area contributed by atoms with Crippen molar-refractivity contribution >= 4 is 11.0 Å². The van der Waals surface area contributed by atoms with E-state index < -0.39 is 0 Å². The van der Waals surface area contributed by atoms with Crippen LogP contribution in [0.2, 0.25) is 0 Å². The second kappa shape index (κ2) is 3.73. The van der Waals surface area contributed by atoms with E-state index in [4.69, 9.17) is 10.5 Å². The van der Waals surface area contributed by atoms with Crippen molar-refractivity contribution in [1.82, 2.24) is 15.0 Å². The van der Waals surface area contributed by atoms with E-state index in [1.54, 1.807) is 19.5 Å². The first-order chi connectivity index (χ1) is 6.85. The lowest BCUT2D eigenvalue weighted by Gasteiger charge is -2.08. The molecule has 0 aliphatic heterocycles. The molecule has 0 fully saturated rings. The van der Waals surface area contributed by atoms with E-state index in [0.717, 1.165) is 16.9 Å². The molecule has 2 heterocycles. The summed E-state index contributed by atoms with van der Waals surface area (Å²) in [5.74, 6) is 0.748. The molecule has 0 aliphatic carbocycles. The zero-order chi connectivity index (χ0) is 9.97. The van der Waals surface area contributed by atoms with Gasteiger partial charge in [0, 0.05) is 19.9 Å². The molecule has 2 aromatic heterocycles. The van der Waals surface area contributed by atoms with E-state index in [1.165, 1.54) is 0 Å². The molecule has 0 radical (unpaired) electrons. The predicted molar refractivity (Wildman–Crippen MR) is 52.7 cm³/mol. The van der Waals surface area contributed by atoms with Crippen molar-refractivity contribution in [3.8, 4) is 0 Å². The first kappa shape index (κ1) is 9.11. The molecular formula is C9H12N4O. The molecule has 0 aliphatic rings. The SMILES string of the molecule is COC(CN)c1nc2ccncc2[nH]1. The maximum atomic E-state index is 5.54. The van der Waals surface area contributed by atoms with Gasteiger partial charge in [-0.15, -0.1) is 0 Å². The maximum absolute atomic E-state index is 5.54. The van der Waals surface area contributed by atoms with Gasteiger partial charge in [-0.25, -0.2) is 4.98 Å². The second-order valence-corrected chi connectivity index (χ2v) is 2.97. The van der Waals surface area contributed by atoms with Gasteiger partial charge in [0.05, 0.1) is 17.2 Å². The highest BCUT2D eigenvalue weighted by Gasteiger charge is 2.12. The number of aromatic nitrogens is 3. The van der Waals surface area contributed by atoms with E-state index >= 15 is 0 Å². The van der Waals surface area contributed by atoms with Crippen molar-refractivity contribution in [1.29, 1.82) is 0 Å². The lowest BCUT2D eigenvalue weighted by Crippen LogP contribution is -2.15. The van der Waals surface area contributed by atoms with Gasteiger partial charge in [0.25, 0.3) is 0 Å². The van der Waals surface area contributed by atoms with Crippen LogP contribution < -0.4 is 5.73 Å². The Kier molecular flexibility index (Phi) is 2.43. The van der Waals surface area contributed by atoms with Crippen molar-refractivity contribution in [3.63, 3.8) is 0 Å². The molecule has 74 valence electrons. The fourth-order valence-corrected chi connectivity index (χ4v) is 1.35. The second-order valence-electron chi connectivity index (χ2n) is 2.97. The molecule has 0 aromatic carbocycles. The minimum atomic E-state index is -0.178. The number of nitrogens with one attached hydrogen (secondary N) is 1. The molecule has 0 bridgehead atoms. The summed E-state index contributed by atoms with van der Waals surface area (Å²) in [5.41, 5.74) is 7.32. The van der Waals surface area contributed by atoms with Crippen LogP contribution in [0.25, 0.3) is 11.0 Å². The Morgan fingerprint density at radius 1 is 1.64 bits per heavy atom. The van der Waals surface area contributed by atoms with Crippen LogP contribution in [0, 0.1) is 0 Å². The Morgan fingerprint density at radius 3 is 3.14 bits per heavy atom. The third kappa shape index (κ3) is 1.47. The maximum Gasteiger partial charge on any atom is 0.137 e. The highest BCUT2D eigenvalue weighted by molar-refractivity contribution is 5.73. The number of ether oxygens (including phenoxy) is 1. The number of fused-ring (bicyclic) bond motifs is 1. The molecule has 14 heavy (non-hydrogen) atoms. The number of H-pyrrole nitrogens is 1. The van der Waals surface area contributed by atoms with Gasteiger partial charge in [-0.1, -0.05) is 0 Å². The van der Waals surface area contributed by atoms with Gasteiger partial charge in [0.1, 0.15) is 11.9 Å². The number of methoxy groups -OCH3 is 1. The average Bonchev–Trinajstić information content (AvgIpc) is 2.63. The fraction of sp³-hybridized carbons (Fsp3) is 0.333. The van der Waals surface area contributed by atoms with Gasteiger partial charge in [-0.3, -0.25) is 4.98 Å². The van der Waals surface area contributed by atoms with Crippen LogP contribution in [0.4, 0.5) is 0 Å². The van der Waals surface area contributed by atoms with Crippen LogP contribution in [0.1, 0.15) is 11.9 Å². The molecule has 1 unspecified atom stereocenters. The Morgan fingerprint density at radius 2 is 2.50 bits per heavy atom. The van der Waals surface area contributed by atoms with Crippen LogP contribution in [0.15, 0.2) is 18.5 Å². The van der Waals surface area contributed by atoms with E-state index in [0.29, 0.717) is 6.54 Å². The summed E-state index contributed by atoms with van der Waals surface area (Å²) in [5, 5.41) is 0. The van der Waals surface area contributed by atoms with Crippen LogP contribution in [-0.2, 0) is 4.74 Å². The lowest BCUT2D eigenvalue weighted by molar-refractivity contribution is 0.104. The summed E-state index contributed by atoms with van der Waals surface area (Å²) in [7, 11) is 1.61. The van der Waals surface area contributed by atoms with E-state index in [1.807, 2.05) is 6.07 Å². The summed E-state index contributed by atoms with van der Waals surface area (Å²) in [6.45, 7) is 0.406. The van der Waals surface area contributed by atoms with Crippen LogP contribution >= 0.6 is 0 Å². The standard InChI is InChI=1S/C9H12N4O/c1-14-8(4-10)9-12-6-2-3-11-5-7(6)13-9/h2-3,5,8H,4,10H2,1H3,(H,12,13). The number of nitrogens with zero attached hydrogens (tertiary/aromatic N) is 2. The molecule has 2 rings (SSSR count). The van der Waals surface area contributed by atoms with E-state index in [-0.39, 0.29) is 6.10 Å². The summed E-state index contributed by atoms with van der Waals surface area (Å²) < 4.78 is 5.18. The van der Waals surface area contributed by atoms with E-state index in [2.05, 4.69) is 15.0 Å². The fourth-order valence-electron chi connectivity index (χ4n) is 1.35. The quantitative estimate of drug-likeness (QED) is 0.746. The largest absolute Gasteiger partial charge is 0.372 e. The van der Waals surface area contributed by atoms with Gasteiger partial charge < -0.3 is 15.5 Å². The van der Waals surface area contributed by atoms with Crippen molar-refractivity contribution in [2.45, 2.75) is 6.10 Å². The molecular weight excluding hydrogens is 180 g/mol. The summed E-state index contributed by atoms with van der Waals surface area (Å²) in [6.07, 6.45) is 3.26. The van der Waals surface area contributed by atoms with Crippen molar-refractivity contribution < 1.29 is 4.74 Å². The van der Waals surface area contributed by atoms with E-state index in [9.17, 15) is 0 Å². The number of pyridine rings is 1.